The monoisotopic (exact) mass is 462 g/mol. The molecule has 2 aromatic rings. The Morgan fingerprint density at radius 2 is 1.48 bits per heavy atom. The molecule has 1 N–H and O–H groups in total. The van der Waals surface area contributed by atoms with Gasteiger partial charge in [-0.25, -0.2) is 0 Å². The van der Waals surface area contributed by atoms with Crippen molar-refractivity contribution >= 4 is 11.7 Å². The van der Waals surface area contributed by atoms with Crippen molar-refractivity contribution < 1.29 is 28.5 Å². The number of rotatable bonds is 18. The highest BCUT2D eigenvalue weighted by atomic mass is 16.6. The van der Waals surface area contributed by atoms with Gasteiger partial charge in [-0.3, -0.25) is 9.59 Å². The Labute approximate surface area is 194 Å². The van der Waals surface area contributed by atoms with Crippen molar-refractivity contribution in [3.05, 3.63) is 64.6 Å². The van der Waals surface area contributed by atoms with E-state index in [-0.39, 0.29) is 18.7 Å². The van der Waals surface area contributed by atoms with E-state index in [0.29, 0.717) is 59.4 Å². The summed E-state index contributed by atoms with van der Waals surface area (Å²) in [5.74, 6) is -0.443. The van der Waals surface area contributed by atoms with E-state index >= 15 is 0 Å². The molecule has 1 heterocycles. The second-order valence-corrected chi connectivity index (χ2v) is 6.99. The summed E-state index contributed by atoms with van der Waals surface area (Å²) in [6.07, 6.45) is 1.59. The standard InChI is InChI=1S/C24H34N2O7/c1-2-33-24(28)19-26-18-22(8-9-23(26)27)25-10-11-29-12-13-30-14-15-31-16-17-32-20-21-6-4-3-5-7-21/h3-9,18,25H,2,10-17,19-20H2,1H3. The van der Waals surface area contributed by atoms with E-state index in [4.69, 9.17) is 23.7 Å². The number of pyridine rings is 1. The van der Waals surface area contributed by atoms with Crippen LogP contribution in [0.2, 0.25) is 0 Å². The van der Waals surface area contributed by atoms with Gasteiger partial charge in [-0.05, 0) is 18.6 Å². The topological polar surface area (TPSA) is 97.2 Å². The van der Waals surface area contributed by atoms with Crippen LogP contribution in [0.3, 0.4) is 0 Å². The van der Waals surface area contributed by atoms with Crippen LogP contribution in [-0.2, 0) is 41.6 Å². The van der Waals surface area contributed by atoms with E-state index in [1.165, 1.54) is 10.6 Å². The van der Waals surface area contributed by atoms with E-state index in [2.05, 4.69) is 5.32 Å². The largest absolute Gasteiger partial charge is 0.465 e. The minimum Gasteiger partial charge on any atom is -0.465 e. The summed E-state index contributed by atoms with van der Waals surface area (Å²) >= 11 is 0. The number of benzene rings is 1. The van der Waals surface area contributed by atoms with Crippen molar-refractivity contribution in [2.45, 2.75) is 20.1 Å². The first-order chi connectivity index (χ1) is 16.2. The van der Waals surface area contributed by atoms with Crippen molar-refractivity contribution in [1.82, 2.24) is 4.57 Å². The molecule has 1 aromatic carbocycles. The maximum absolute atomic E-state index is 11.8. The predicted molar refractivity (Wildman–Crippen MR) is 124 cm³/mol. The summed E-state index contributed by atoms with van der Waals surface area (Å²) < 4.78 is 28.2. The Morgan fingerprint density at radius 3 is 2.15 bits per heavy atom. The number of carbonyl (C=O) groups excluding carboxylic acids is 1. The lowest BCUT2D eigenvalue weighted by Gasteiger charge is -2.10. The Morgan fingerprint density at radius 1 is 0.848 bits per heavy atom. The molecule has 0 saturated carbocycles. The molecule has 0 radical (unpaired) electrons. The van der Waals surface area contributed by atoms with Crippen LogP contribution in [0.5, 0.6) is 0 Å². The first-order valence-corrected chi connectivity index (χ1v) is 11.1. The van der Waals surface area contributed by atoms with Gasteiger partial charge in [-0.15, -0.1) is 0 Å². The normalized spacial score (nSPS) is 10.8. The lowest BCUT2D eigenvalue weighted by atomic mass is 10.2. The molecule has 0 atom stereocenters. The van der Waals surface area contributed by atoms with Crippen molar-refractivity contribution in [2.24, 2.45) is 0 Å². The summed E-state index contributed by atoms with van der Waals surface area (Å²) in [5.41, 5.74) is 1.61. The van der Waals surface area contributed by atoms with Crippen LogP contribution in [0.25, 0.3) is 0 Å². The Kier molecular flexibility index (Phi) is 13.5. The molecular weight excluding hydrogens is 428 g/mol. The minimum atomic E-state index is -0.443. The zero-order valence-corrected chi connectivity index (χ0v) is 19.2. The first-order valence-electron chi connectivity index (χ1n) is 11.1. The zero-order valence-electron chi connectivity index (χ0n) is 19.2. The van der Waals surface area contributed by atoms with Crippen LogP contribution in [0.1, 0.15) is 12.5 Å². The van der Waals surface area contributed by atoms with Gasteiger partial charge in [0.05, 0.1) is 65.1 Å². The van der Waals surface area contributed by atoms with Crippen molar-refractivity contribution in [2.75, 3.05) is 64.7 Å². The number of aromatic nitrogens is 1. The predicted octanol–water partition coefficient (Wildman–Crippen LogP) is 2.09. The van der Waals surface area contributed by atoms with Crippen LogP contribution >= 0.6 is 0 Å². The van der Waals surface area contributed by atoms with Gasteiger partial charge in [0.15, 0.2) is 0 Å². The fourth-order valence-corrected chi connectivity index (χ4v) is 2.80. The zero-order chi connectivity index (χ0) is 23.6. The number of anilines is 1. The second-order valence-electron chi connectivity index (χ2n) is 6.99. The molecule has 1 aromatic heterocycles. The Hall–Kier alpha value is -2.72. The number of nitrogens with zero attached hydrogens (tertiary/aromatic N) is 1. The average molecular weight is 463 g/mol. The van der Waals surface area contributed by atoms with Gasteiger partial charge in [-0.1, -0.05) is 30.3 Å². The summed E-state index contributed by atoms with van der Waals surface area (Å²) in [5, 5.41) is 3.15. The van der Waals surface area contributed by atoms with Gasteiger partial charge < -0.3 is 33.6 Å². The molecule has 0 saturated heterocycles. The molecule has 9 heteroatoms. The fraction of sp³-hybridized carbons (Fsp3) is 0.500. The van der Waals surface area contributed by atoms with Crippen LogP contribution < -0.4 is 10.9 Å². The molecule has 182 valence electrons. The molecule has 9 nitrogen and oxygen atoms in total. The molecule has 0 aliphatic rings. The van der Waals surface area contributed by atoms with Crippen molar-refractivity contribution in [3.63, 3.8) is 0 Å². The van der Waals surface area contributed by atoms with Gasteiger partial charge >= 0.3 is 5.97 Å². The van der Waals surface area contributed by atoms with E-state index in [1.807, 2.05) is 30.3 Å². The summed E-state index contributed by atoms with van der Waals surface area (Å²) in [6, 6.07) is 13.1. The molecule has 0 amide bonds. The molecule has 0 bridgehead atoms. The lowest BCUT2D eigenvalue weighted by molar-refractivity contribution is -0.143. The van der Waals surface area contributed by atoms with Crippen LogP contribution in [0.4, 0.5) is 5.69 Å². The number of nitrogens with one attached hydrogen (secondary N) is 1. The van der Waals surface area contributed by atoms with Gasteiger partial charge in [0.2, 0.25) is 0 Å². The highest BCUT2D eigenvalue weighted by Gasteiger charge is 2.05. The summed E-state index contributed by atoms with van der Waals surface area (Å²) in [4.78, 5) is 23.4. The number of ether oxygens (including phenoxy) is 5. The first kappa shape index (κ1) is 26.5. The number of esters is 1. The third-order valence-corrected chi connectivity index (χ3v) is 4.39. The average Bonchev–Trinajstić information content (AvgIpc) is 2.82. The fourth-order valence-electron chi connectivity index (χ4n) is 2.80. The highest BCUT2D eigenvalue weighted by molar-refractivity contribution is 5.69. The van der Waals surface area contributed by atoms with Crippen molar-refractivity contribution in [1.29, 1.82) is 0 Å². The van der Waals surface area contributed by atoms with Gasteiger partial charge in [0.1, 0.15) is 6.54 Å². The van der Waals surface area contributed by atoms with E-state index in [9.17, 15) is 9.59 Å². The maximum Gasteiger partial charge on any atom is 0.326 e. The molecule has 2 rings (SSSR count). The van der Waals surface area contributed by atoms with Crippen molar-refractivity contribution in [3.8, 4) is 0 Å². The van der Waals surface area contributed by atoms with Gasteiger partial charge in [-0.2, -0.15) is 0 Å². The maximum atomic E-state index is 11.8. The van der Waals surface area contributed by atoms with Crippen LogP contribution in [0, 0.1) is 0 Å². The highest BCUT2D eigenvalue weighted by Crippen LogP contribution is 2.03. The number of hydrogen-bond donors (Lipinski definition) is 1. The van der Waals surface area contributed by atoms with Crippen LogP contribution in [0.15, 0.2) is 53.5 Å². The van der Waals surface area contributed by atoms with E-state index < -0.39 is 5.97 Å². The third kappa shape index (κ3) is 12.2. The number of carbonyl (C=O) groups is 1. The molecule has 33 heavy (non-hydrogen) atoms. The number of hydrogen-bond acceptors (Lipinski definition) is 8. The molecule has 0 aliphatic carbocycles. The van der Waals surface area contributed by atoms with E-state index in [0.717, 1.165) is 11.3 Å². The summed E-state index contributed by atoms with van der Waals surface area (Å²) in [7, 11) is 0. The molecule has 0 unspecified atom stereocenters. The SMILES string of the molecule is CCOC(=O)Cn1cc(NCCOCCOCCOCCOCc2ccccc2)ccc1=O. The second kappa shape index (κ2) is 16.8. The smallest absolute Gasteiger partial charge is 0.326 e. The molecule has 0 spiro atoms. The quantitative estimate of drug-likeness (QED) is 0.266. The molecular formula is C24H34N2O7. The summed E-state index contributed by atoms with van der Waals surface area (Å²) in [6.45, 7) is 6.58. The molecule has 0 fully saturated rings. The van der Waals surface area contributed by atoms with Crippen LogP contribution in [-0.4, -0.2) is 69.9 Å². The van der Waals surface area contributed by atoms with E-state index in [1.54, 1.807) is 19.2 Å². The van der Waals surface area contributed by atoms with Gasteiger partial charge in [0, 0.05) is 18.8 Å². The molecule has 0 aliphatic heterocycles. The lowest BCUT2D eigenvalue weighted by Crippen LogP contribution is -2.25. The minimum absolute atomic E-state index is 0.111. The van der Waals surface area contributed by atoms with Gasteiger partial charge in [0.25, 0.3) is 5.56 Å². The third-order valence-electron chi connectivity index (χ3n) is 4.39. The Bertz CT molecular complexity index is 842. The Balaban J connectivity index is 1.41.